The first-order chi connectivity index (χ1) is 5.17. The average molecular weight is 163 g/mol. The van der Waals surface area contributed by atoms with Gasteiger partial charge in [-0.1, -0.05) is 13.3 Å². The highest BCUT2D eigenvalue weighted by Gasteiger charge is 2.40. The van der Waals surface area contributed by atoms with Crippen molar-refractivity contribution in [3.05, 3.63) is 0 Å². The molecule has 0 bridgehead atoms. The summed E-state index contributed by atoms with van der Waals surface area (Å²) >= 11 is 0. The van der Waals surface area contributed by atoms with E-state index in [0.717, 1.165) is 6.42 Å². The van der Waals surface area contributed by atoms with Crippen LogP contribution in [-0.4, -0.2) is 19.0 Å². The second-order valence-electron chi connectivity index (χ2n) is 3.20. The van der Waals surface area contributed by atoms with Crippen molar-refractivity contribution in [1.29, 1.82) is 0 Å². The van der Waals surface area contributed by atoms with Crippen molar-refractivity contribution < 1.29 is 8.78 Å². The number of rotatable bonds is 2. The molecule has 0 radical (unpaired) electrons. The predicted molar refractivity (Wildman–Crippen MR) is 40.8 cm³/mol. The summed E-state index contributed by atoms with van der Waals surface area (Å²) in [6.07, 6.45) is 1.50. The molecule has 0 aromatic carbocycles. The zero-order valence-corrected chi connectivity index (χ0v) is 6.87. The summed E-state index contributed by atoms with van der Waals surface area (Å²) in [6.45, 7) is 2.90. The molecule has 1 saturated heterocycles. The van der Waals surface area contributed by atoms with E-state index < -0.39 is 11.8 Å². The van der Waals surface area contributed by atoms with Gasteiger partial charge in [0.1, 0.15) is 0 Å². The number of alkyl halides is 2. The van der Waals surface area contributed by atoms with Gasteiger partial charge in [0.05, 0.1) is 0 Å². The number of hydrogen-bond donors (Lipinski definition) is 1. The summed E-state index contributed by atoms with van der Waals surface area (Å²) in [5, 5.41) is 3.00. The Balaban J connectivity index is 2.45. The molecule has 0 amide bonds. The SMILES string of the molecule is CCCC1CNCCC1(F)F. The third-order valence-electron chi connectivity index (χ3n) is 2.26. The quantitative estimate of drug-likeness (QED) is 0.656. The number of piperidine rings is 1. The maximum absolute atomic E-state index is 13.0. The molecular formula is C8H15F2N. The molecule has 0 saturated carbocycles. The monoisotopic (exact) mass is 163 g/mol. The molecule has 1 aliphatic heterocycles. The molecule has 11 heavy (non-hydrogen) atoms. The van der Waals surface area contributed by atoms with Gasteiger partial charge in [-0.25, -0.2) is 8.78 Å². The highest BCUT2D eigenvalue weighted by Crippen LogP contribution is 2.33. The average Bonchev–Trinajstić information content (AvgIpc) is 1.94. The highest BCUT2D eigenvalue weighted by atomic mass is 19.3. The smallest absolute Gasteiger partial charge is 0.253 e. The van der Waals surface area contributed by atoms with Crippen LogP contribution in [0.2, 0.25) is 0 Å². The molecule has 1 unspecified atom stereocenters. The second kappa shape index (κ2) is 3.48. The van der Waals surface area contributed by atoms with Crippen LogP contribution in [0.1, 0.15) is 26.2 Å². The zero-order chi connectivity index (χ0) is 8.32. The Morgan fingerprint density at radius 1 is 1.55 bits per heavy atom. The van der Waals surface area contributed by atoms with Crippen LogP contribution >= 0.6 is 0 Å². The first-order valence-electron chi connectivity index (χ1n) is 4.25. The fourth-order valence-electron chi connectivity index (χ4n) is 1.55. The van der Waals surface area contributed by atoms with Gasteiger partial charge in [-0.3, -0.25) is 0 Å². The highest BCUT2D eigenvalue weighted by molar-refractivity contribution is 4.83. The zero-order valence-electron chi connectivity index (χ0n) is 6.87. The van der Waals surface area contributed by atoms with Crippen LogP contribution in [0.3, 0.4) is 0 Å². The van der Waals surface area contributed by atoms with Crippen molar-refractivity contribution in [1.82, 2.24) is 5.32 Å². The van der Waals surface area contributed by atoms with E-state index in [-0.39, 0.29) is 6.42 Å². The Morgan fingerprint density at radius 3 is 2.82 bits per heavy atom. The molecular weight excluding hydrogens is 148 g/mol. The summed E-state index contributed by atoms with van der Waals surface area (Å²) in [7, 11) is 0. The molecule has 0 aromatic rings. The van der Waals surface area contributed by atoms with Crippen LogP contribution < -0.4 is 5.32 Å². The minimum atomic E-state index is -2.42. The topological polar surface area (TPSA) is 12.0 Å². The molecule has 3 heteroatoms. The van der Waals surface area contributed by atoms with E-state index in [4.69, 9.17) is 0 Å². The number of hydrogen-bond acceptors (Lipinski definition) is 1. The van der Waals surface area contributed by atoms with Crippen molar-refractivity contribution in [3.63, 3.8) is 0 Å². The summed E-state index contributed by atoms with van der Waals surface area (Å²) < 4.78 is 26.0. The first kappa shape index (κ1) is 8.91. The van der Waals surface area contributed by atoms with Gasteiger partial charge in [-0.05, 0) is 6.42 Å². The second-order valence-corrected chi connectivity index (χ2v) is 3.20. The van der Waals surface area contributed by atoms with Gasteiger partial charge in [0.2, 0.25) is 0 Å². The lowest BCUT2D eigenvalue weighted by molar-refractivity contribution is -0.0807. The molecule has 1 heterocycles. The molecule has 66 valence electrons. The van der Waals surface area contributed by atoms with E-state index >= 15 is 0 Å². The molecule has 1 atom stereocenters. The molecule has 1 fully saturated rings. The van der Waals surface area contributed by atoms with Crippen molar-refractivity contribution in [3.8, 4) is 0 Å². The van der Waals surface area contributed by atoms with Gasteiger partial charge in [0.15, 0.2) is 0 Å². The van der Waals surface area contributed by atoms with Crippen LogP contribution in [0.25, 0.3) is 0 Å². The Kier molecular flexibility index (Phi) is 2.82. The molecule has 1 nitrogen and oxygen atoms in total. The fourth-order valence-corrected chi connectivity index (χ4v) is 1.55. The van der Waals surface area contributed by atoms with E-state index in [1.54, 1.807) is 0 Å². The molecule has 1 aliphatic rings. The molecule has 0 aromatic heterocycles. The summed E-state index contributed by atoms with van der Waals surface area (Å²) in [6, 6.07) is 0. The first-order valence-corrected chi connectivity index (χ1v) is 4.25. The van der Waals surface area contributed by atoms with Crippen molar-refractivity contribution >= 4 is 0 Å². The van der Waals surface area contributed by atoms with Gasteiger partial charge in [0, 0.05) is 25.4 Å². The normalized spacial score (nSPS) is 30.3. The lowest BCUT2D eigenvalue weighted by Crippen LogP contribution is -2.44. The van der Waals surface area contributed by atoms with Crippen LogP contribution in [0.15, 0.2) is 0 Å². The third kappa shape index (κ3) is 2.12. The van der Waals surface area contributed by atoms with E-state index in [2.05, 4.69) is 5.32 Å². The Morgan fingerprint density at radius 2 is 2.27 bits per heavy atom. The van der Waals surface area contributed by atoms with Gasteiger partial charge >= 0.3 is 0 Å². The lowest BCUT2D eigenvalue weighted by Gasteiger charge is -2.31. The van der Waals surface area contributed by atoms with E-state index in [0.29, 0.717) is 19.5 Å². The summed E-state index contributed by atoms with van der Waals surface area (Å²) in [4.78, 5) is 0. The van der Waals surface area contributed by atoms with Crippen molar-refractivity contribution in [2.45, 2.75) is 32.1 Å². The number of halogens is 2. The van der Waals surface area contributed by atoms with E-state index in [1.165, 1.54) is 0 Å². The van der Waals surface area contributed by atoms with Gasteiger partial charge in [-0.15, -0.1) is 0 Å². The summed E-state index contributed by atoms with van der Waals surface area (Å²) in [5.41, 5.74) is 0. The largest absolute Gasteiger partial charge is 0.316 e. The Bertz CT molecular complexity index is 123. The minimum absolute atomic E-state index is 0.0116. The van der Waals surface area contributed by atoms with E-state index in [9.17, 15) is 8.78 Å². The molecule has 1 N–H and O–H groups in total. The van der Waals surface area contributed by atoms with Crippen LogP contribution in [0.4, 0.5) is 8.78 Å². The van der Waals surface area contributed by atoms with Gasteiger partial charge < -0.3 is 5.32 Å². The van der Waals surface area contributed by atoms with Crippen molar-refractivity contribution in [2.24, 2.45) is 5.92 Å². The van der Waals surface area contributed by atoms with Gasteiger partial charge in [0.25, 0.3) is 5.92 Å². The fraction of sp³-hybridized carbons (Fsp3) is 1.00. The predicted octanol–water partition coefficient (Wildman–Crippen LogP) is 2.03. The number of nitrogens with one attached hydrogen (secondary N) is 1. The summed E-state index contributed by atoms with van der Waals surface area (Å²) in [5.74, 6) is -2.84. The lowest BCUT2D eigenvalue weighted by atomic mass is 9.91. The van der Waals surface area contributed by atoms with Crippen LogP contribution in [0.5, 0.6) is 0 Å². The molecule has 0 spiro atoms. The maximum atomic E-state index is 13.0. The van der Waals surface area contributed by atoms with E-state index in [1.807, 2.05) is 6.92 Å². The third-order valence-corrected chi connectivity index (χ3v) is 2.26. The van der Waals surface area contributed by atoms with Crippen molar-refractivity contribution in [2.75, 3.05) is 13.1 Å². The Labute approximate surface area is 66.2 Å². The maximum Gasteiger partial charge on any atom is 0.253 e. The molecule has 1 rings (SSSR count). The van der Waals surface area contributed by atoms with Crippen LogP contribution in [-0.2, 0) is 0 Å². The van der Waals surface area contributed by atoms with Gasteiger partial charge in [-0.2, -0.15) is 0 Å². The van der Waals surface area contributed by atoms with Crippen LogP contribution in [0, 0.1) is 5.92 Å². The standard InChI is InChI=1S/C8H15F2N/c1-2-3-7-6-11-5-4-8(7,9)10/h7,11H,2-6H2,1H3. The Hall–Kier alpha value is -0.180. The molecule has 0 aliphatic carbocycles. The minimum Gasteiger partial charge on any atom is -0.316 e.